The molecule has 0 aromatic rings. The number of carboxylic acid groups (broad SMARTS) is 1. The largest absolute Gasteiger partial charge is 0.480 e. The zero-order valence-corrected chi connectivity index (χ0v) is 11.7. The molecular formula is C14H26N2O3. The fourth-order valence-corrected chi connectivity index (χ4v) is 3.08. The summed E-state index contributed by atoms with van der Waals surface area (Å²) in [6.07, 6.45) is 4.56. The molecule has 3 unspecified atom stereocenters. The Morgan fingerprint density at radius 1 is 1.42 bits per heavy atom. The Labute approximate surface area is 115 Å². The fraction of sp³-hybridized carbons (Fsp3) is 0.929. The minimum atomic E-state index is -0.788. The molecule has 1 saturated carbocycles. The van der Waals surface area contributed by atoms with Crippen LogP contribution in [-0.2, 0) is 4.79 Å². The first-order valence-electron chi connectivity index (χ1n) is 7.40. The van der Waals surface area contributed by atoms with E-state index in [0.29, 0.717) is 12.6 Å². The molecule has 5 nitrogen and oxygen atoms in total. The summed E-state index contributed by atoms with van der Waals surface area (Å²) in [6, 6.07) is 0.313. The van der Waals surface area contributed by atoms with Crippen LogP contribution in [0.25, 0.3) is 0 Å². The predicted molar refractivity (Wildman–Crippen MR) is 73.0 cm³/mol. The normalized spacial score (nSPS) is 30.8. The van der Waals surface area contributed by atoms with Crippen LogP contribution in [0.2, 0.25) is 0 Å². The summed E-state index contributed by atoms with van der Waals surface area (Å²) in [5.74, 6) is 0.191. The summed E-state index contributed by atoms with van der Waals surface area (Å²) in [7, 11) is 0. The van der Waals surface area contributed by atoms with Crippen molar-refractivity contribution in [3.05, 3.63) is 0 Å². The first-order valence-corrected chi connectivity index (χ1v) is 7.40. The molecule has 19 heavy (non-hydrogen) atoms. The summed E-state index contributed by atoms with van der Waals surface area (Å²) in [5, 5.41) is 22.3. The molecule has 5 heteroatoms. The first-order chi connectivity index (χ1) is 9.04. The number of aliphatic hydroxyl groups excluding tert-OH is 1. The number of nitrogens with one attached hydrogen (secondary N) is 1. The number of aliphatic carboxylic acids is 1. The van der Waals surface area contributed by atoms with Crippen molar-refractivity contribution in [2.75, 3.05) is 26.2 Å². The highest BCUT2D eigenvalue weighted by Crippen LogP contribution is 2.26. The minimum Gasteiger partial charge on any atom is -0.480 e. The van der Waals surface area contributed by atoms with Gasteiger partial charge >= 0.3 is 5.97 Å². The number of hydrogen-bond acceptors (Lipinski definition) is 4. The standard InChI is InChI=1S/C14H26N2O3/c1-10(17)12-5-13(15-6-11-3-2-4-11)8-16(7-12)9-14(18)19/h10-13,15,17H,2-9H2,1H3,(H,18,19). The van der Waals surface area contributed by atoms with Crippen LogP contribution in [0.4, 0.5) is 0 Å². The number of hydrogen-bond donors (Lipinski definition) is 3. The molecule has 0 amide bonds. The molecule has 2 aliphatic rings. The quantitative estimate of drug-likeness (QED) is 0.657. The molecule has 3 N–H and O–H groups in total. The van der Waals surface area contributed by atoms with Crippen molar-refractivity contribution >= 4 is 5.97 Å². The summed E-state index contributed by atoms with van der Waals surface area (Å²) in [6.45, 7) is 4.38. The van der Waals surface area contributed by atoms with Gasteiger partial charge in [-0.15, -0.1) is 0 Å². The van der Waals surface area contributed by atoms with Gasteiger partial charge in [0.2, 0.25) is 0 Å². The van der Waals surface area contributed by atoms with Crippen LogP contribution in [0, 0.1) is 11.8 Å². The number of carboxylic acids is 1. The highest BCUT2D eigenvalue weighted by Gasteiger charge is 2.31. The van der Waals surface area contributed by atoms with Crippen LogP contribution in [0.3, 0.4) is 0 Å². The van der Waals surface area contributed by atoms with E-state index in [4.69, 9.17) is 5.11 Å². The van der Waals surface area contributed by atoms with Crippen LogP contribution < -0.4 is 5.32 Å². The zero-order chi connectivity index (χ0) is 13.8. The summed E-state index contributed by atoms with van der Waals surface area (Å²) < 4.78 is 0. The Kier molecular flexibility index (Phi) is 5.19. The highest BCUT2D eigenvalue weighted by atomic mass is 16.4. The highest BCUT2D eigenvalue weighted by molar-refractivity contribution is 5.69. The third kappa shape index (κ3) is 4.44. The number of aliphatic hydroxyl groups is 1. The van der Waals surface area contributed by atoms with E-state index in [-0.39, 0.29) is 18.6 Å². The van der Waals surface area contributed by atoms with Gasteiger partial charge in [-0.05, 0) is 44.6 Å². The van der Waals surface area contributed by atoms with Crippen molar-refractivity contribution in [3.63, 3.8) is 0 Å². The lowest BCUT2D eigenvalue weighted by Crippen LogP contribution is -2.53. The third-order valence-electron chi connectivity index (χ3n) is 4.52. The van der Waals surface area contributed by atoms with Crippen LogP contribution in [-0.4, -0.2) is 59.4 Å². The number of likely N-dealkylation sites (tertiary alicyclic amines) is 1. The first kappa shape index (κ1) is 14.8. The van der Waals surface area contributed by atoms with E-state index in [9.17, 15) is 9.90 Å². The van der Waals surface area contributed by atoms with Crippen LogP contribution in [0.5, 0.6) is 0 Å². The molecule has 0 aromatic heterocycles. The molecule has 2 fully saturated rings. The fourth-order valence-electron chi connectivity index (χ4n) is 3.08. The zero-order valence-electron chi connectivity index (χ0n) is 11.7. The average molecular weight is 270 g/mol. The van der Waals surface area contributed by atoms with Crippen molar-refractivity contribution < 1.29 is 15.0 Å². The second kappa shape index (κ2) is 6.68. The van der Waals surface area contributed by atoms with Gasteiger partial charge in [0, 0.05) is 19.1 Å². The lowest BCUT2D eigenvalue weighted by atomic mass is 9.84. The van der Waals surface area contributed by atoms with Gasteiger partial charge in [0.1, 0.15) is 0 Å². The molecule has 1 heterocycles. The van der Waals surface area contributed by atoms with Crippen LogP contribution in [0.1, 0.15) is 32.6 Å². The predicted octanol–water partition coefficient (Wildman–Crippen LogP) is 0.532. The Bertz CT molecular complexity index is 305. The van der Waals surface area contributed by atoms with Gasteiger partial charge in [0.25, 0.3) is 0 Å². The summed E-state index contributed by atoms with van der Waals surface area (Å²) in [4.78, 5) is 12.8. The SMILES string of the molecule is CC(O)C1CC(NCC2CCC2)CN(CC(=O)O)C1. The molecule has 1 aliphatic heterocycles. The smallest absolute Gasteiger partial charge is 0.317 e. The maximum atomic E-state index is 10.8. The maximum absolute atomic E-state index is 10.8. The van der Waals surface area contributed by atoms with Gasteiger partial charge in [-0.1, -0.05) is 6.42 Å². The second-order valence-electron chi connectivity index (χ2n) is 6.23. The van der Waals surface area contributed by atoms with Crippen molar-refractivity contribution in [2.24, 2.45) is 11.8 Å². The Balaban J connectivity index is 1.83. The topological polar surface area (TPSA) is 72.8 Å². The summed E-state index contributed by atoms with van der Waals surface area (Å²) in [5.41, 5.74) is 0. The van der Waals surface area contributed by atoms with Gasteiger partial charge < -0.3 is 15.5 Å². The van der Waals surface area contributed by atoms with E-state index >= 15 is 0 Å². The maximum Gasteiger partial charge on any atom is 0.317 e. The number of piperidine rings is 1. The molecule has 1 saturated heterocycles. The number of carbonyl (C=O) groups is 1. The van der Waals surface area contributed by atoms with Crippen molar-refractivity contribution in [1.82, 2.24) is 10.2 Å². The van der Waals surface area contributed by atoms with E-state index in [1.54, 1.807) is 6.92 Å². The molecular weight excluding hydrogens is 244 g/mol. The summed E-state index contributed by atoms with van der Waals surface area (Å²) >= 11 is 0. The van der Waals surface area contributed by atoms with Gasteiger partial charge in [0.05, 0.1) is 12.6 Å². The van der Waals surface area contributed by atoms with Gasteiger partial charge in [-0.25, -0.2) is 0 Å². The van der Waals surface area contributed by atoms with Gasteiger partial charge in [-0.3, -0.25) is 9.69 Å². The lowest BCUT2D eigenvalue weighted by molar-refractivity contribution is -0.139. The van der Waals surface area contributed by atoms with E-state index in [1.165, 1.54) is 19.3 Å². The lowest BCUT2D eigenvalue weighted by Gasteiger charge is -2.39. The minimum absolute atomic E-state index is 0.0742. The molecule has 0 radical (unpaired) electrons. The van der Waals surface area contributed by atoms with Gasteiger partial charge in [-0.2, -0.15) is 0 Å². The Morgan fingerprint density at radius 3 is 2.68 bits per heavy atom. The third-order valence-corrected chi connectivity index (χ3v) is 4.52. The van der Waals surface area contributed by atoms with E-state index in [1.807, 2.05) is 4.90 Å². The second-order valence-corrected chi connectivity index (χ2v) is 6.23. The molecule has 2 rings (SSSR count). The average Bonchev–Trinajstić information content (AvgIpc) is 2.25. The van der Waals surface area contributed by atoms with Gasteiger partial charge in [0.15, 0.2) is 0 Å². The Hall–Kier alpha value is -0.650. The van der Waals surface area contributed by atoms with Crippen LogP contribution in [0.15, 0.2) is 0 Å². The van der Waals surface area contributed by atoms with Crippen LogP contribution >= 0.6 is 0 Å². The number of rotatable bonds is 6. The molecule has 0 aromatic carbocycles. The van der Waals surface area contributed by atoms with Crippen molar-refractivity contribution in [3.8, 4) is 0 Å². The van der Waals surface area contributed by atoms with E-state index in [0.717, 1.165) is 25.4 Å². The molecule has 3 atom stereocenters. The van der Waals surface area contributed by atoms with E-state index < -0.39 is 5.97 Å². The number of nitrogens with zero attached hydrogens (tertiary/aromatic N) is 1. The molecule has 0 spiro atoms. The van der Waals surface area contributed by atoms with Crippen molar-refractivity contribution in [1.29, 1.82) is 0 Å². The molecule has 0 bridgehead atoms. The monoisotopic (exact) mass is 270 g/mol. The van der Waals surface area contributed by atoms with Crippen molar-refractivity contribution in [2.45, 2.75) is 44.8 Å². The Morgan fingerprint density at radius 2 is 2.16 bits per heavy atom. The van der Waals surface area contributed by atoms with E-state index in [2.05, 4.69) is 5.32 Å². The molecule has 110 valence electrons. The molecule has 1 aliphatic carbocycles.